The number of piperazine rings is 1. The number of aromatic nitrogens is 1. The molecule has 0 radical (unpaired) electrons. The molecule has 2 heterocycles. The molecule has 1 aliphatic heterocycles. The lowest BCUT2D eigenvalue weighted by Crippen LogP contribution is -2.50. The molecule has 1 amide bonds. The molecule has 2 aromatic rings. The number of nitrogens with zero attached hydrogens (tertiary/aromatic N) is 3. The van der Waals surface area contributed by atoms with Crippen LogP contribution in [-0.2, 0) is 10.0 Å². The summed E-state index contributed by atoms with van der Waals surface area (Å²) in [5.41, 5.74) is 0.240. The monoisotopic (exact) mass is 365 g/mol. The van der Waals surface area contributed by atoms with Gasteiger partial charge in [-0.15, -0.1) is 0 Å². The summed E-state index contributed by atoms with van der Waals surface area (Å²) in [5.74, 6) is 0.902. The van der Waals surface area contributed by atoms with E-state index in [0.29, 0.717) is 24.6 Å². The quantitative estimate of drug-likeness (QED) is 0.807. The van der Waals surface area contributed by atoms with Crippen LogP contribution >= 0.6 is 0 Å². The molecule has 1 saturated heterocycles. The first-order valence-corrected chi connectivity index (χ1v) is 9.22. The minimum Gasteiger partial charge on any atom is -0.497 e. The average molecular weight is 365 g/mol. The van der Waals surface area contributed by atoms with Gasteiger partial charge in [0.2, 0.25) is 10.0 Å². The van der Waals surface area contributed by atoms with Crippen LogP contribution in [-0.4, -0.2) is 62.0 Å². The molecule has 0 spiro atoms. The molecule has 8 nitrogen and oxygen atoms in total. The molecule has 134 valence electrons. The van der Waals surface area contributed by atoms with Crippen LogP contribution in [0.15, 0.2) is 39.8 Å². The van der Waals surface area contributed by atoms with Crippen molar-refractivity contribution in [3.05, 3.63) is 41.8 Å². The minimum atomic E-state index is -3.59. The van der Waals surface area contributed by atoms with Crippen molar-refractivity contribution in [3.63, 3.8) is 0 Å². The molecule has 9 heteroatoms. The Labute approximate surface area is 146 Å². The number of rotatable bonds is 4. The Morgan fingerprint density at radius 2 is 1.80 bits per heavy atom. The van der Waals surface area contributed by atoms with Gasteiger partial charge in [0.1, 0.15) is 11.5 Å². The maximum absolute atomic E-state index is 12.7. The Balaban J connectivity index is 1.67. The highest BCUT2D eigenvalue weighted by molar-refractivity contribution is 7.89. The van der Waals surface area contributed by atoms with Crippen LogP contribution in [0.2, 0.25) is 0 Å². The Kier molecular flexibility index (Phi) is 4.78. The molecule has 0 bridgehead atoms. The fraction of sp³-hybridized carbons (Fsp3) is 0.375. The smallest absolute Gasteiger partial charge is 0.276 e. The van der Waals surface area contributed by atoms with Gasteiger partial charge in [0.15, 0.2) is 5.69 Å². The summed E-state index contributed by atoms with van der Waals surface area (Å²) in [6, 6.07) is 7.83. The van der Waals surface area contributed by atoms with Crippen molar-refractivity contribution in [2.24, 2.45) is 0 Å². The lowest BCUT2D eigenvalue weighted by atomic mass is 10.3. The van der Waals surface area contributed by atoms with E-state index >= 15 is 0 Å². The number of ether oxygens (including phenoxy) is 1. The first kappa shape index (κ1) is 17.4. The number of sulfonamides is 1. The Hall–Kier alpha value is -2.39. The number of methoxy groups -OCH3 is 1. The van der Waals surface area contributed by atoms with Crippen LogP contribution < -0.4 is 4.74 Å². The van der Waals surface area contributed by atoms with Crippen LogP contribution in [0.4, 0.5) is 0 Å². The second kappa shape index (κ2) is 6.85. The normalized spacial score (nSPS) is 16.0. The minimum absolute atomic E-state index is 0.209. The molecule has 0 unspecified atom stereocenters. The van der Waals surface area contributed by atoms with Gasteiger partial charge in [-0.2, -0.15) is 4.31 Å². The van der Waals surface area contributed by atoms with Crippen molar-refractivity contribution in [2.45, 2.75) is 11.8 Å². The SMILES string of the molecule is COc1ccc(S(=O)(=O)N2CCN(C(=O)c3cc(C)on3)CC2)cc1. The van der Waals surface area contributed by atoms with E-state index in [4.69, 9.17) is 9.26 Å². The lowest BCUT2D eigenvalue weighted by Gasteiger charge is -2.33. The van der Waals surface area contributed by atoms with Gasteiger partial charge in [0.25, 0.3) is 5.91 Å². The Morgan fingerprint density at radius 1 is 1.16 bits per heavy atom. The van der Waals surface area contributed by atoms with Crippen LogP contribution in [0.3, 0.4) is 0 Å². The fourth-order valence-electron chi connectivity index (χ4n) is 2.66. The summed E-state index contributed by atoms with van der Waals surface area (Å²) in [7, 11) is -2.07. The number of benzene rings is 1. The summed E-state index contributed by atoms with van der Waals surface area (Å²) >= 11 is 0. The maximum atomic E-state index is 12.7. The highest BCUT2D eigenvalue weighted by Crippen LogP contribution is 2.21. The maximum Gasteiger partial charge on any atom is 0.276 e. The van der Waals surface area contributed by atoms with Crippen LogP contribution in [0.25, 0.3) is 0 Å². The van der Waals surface area contributed by atoms with Gasteiger partial charge < -0.3 is 14.2 Å². The summed E-state index contributed by atoms with van der Waals surface area (Å²) in [6.45, 7) is 2.79. The summed E-state index contributed by atoms with van der Waals surface area (Å²) in [4.78, 5) is 14.1. The van der Waals surface area contributed by atoms with Gasteiger partial charge in [-0.3, -0.25) is 4.79 Å². The zero-order chi connectivity index (χ0) is 18.0. The second-order valence-corrected chi connectivity index (χ2v) is 7.63. The molecule has 1 fully saturated rings. The molecule has 25 heavy (non-hydrogen) atoms. The van der Waals surface area contributed by atoms with Crippen LogP contribution in [0.5, 0.6) is 5.75 Å². The molecular formula is C16H19N3O5S. The topological polar surface area (TPSA) is 93.0 Å². The zero-order valence-electron chi connectivity index (χ0n) is 14.0. The summed E-state index contributed by atoms with van der Waals surface area (Å²) in [5, 5.41) is 3.71. The average Bonchev–Trinajstić information content (AvgIpc) is 3.07. The molecule has 3 rings (SSSR count). The van der Waals surface area contributed by atoms with Gasteiger partial charge in [-0.1, -0.05) is 5.16 Å². The Bertz CT molecular complexity index is 852. The highest BCUT2D eigenvalue weighted by Gasteiger charge is 2.31. The predicted molar refractivity (Wildman–Crippen MR) is 88.9 cm³/mol. The van der Waals surface area contributed by atoms with Gasteiger partial charge >= 0.3 is 0 Å². The van der Waals surface area contributed by atoms with Crippen molar-refractivity contribution in [1.29, 1.82) is 0 Å². The first-order chi connectivity index (χ1) is 11.9. The molecule has 1 aliphatic rings. The van der Waals surface area contributed by atoms with Crippen molar-refractivity contribution in [1.82, 2.24) is 14.4 Å². The molecule has 0 saturated carbocycles. The third-order valence-corrected chi connectivity index (χ3v) is 5.98. The van der Waals surface area contributed by atoms with E-state index in [9.17, 15) is 13.2 Å². The summed E-state index contributed by atoms with van der Waals surface area (Å²) < 4.78 is 36.7. The lowest BCUT2D eigenvalue weighted by molar-refractivity contribution is 0.0687. The van der Waals surface area contributed by atoms with E-state index < -0.39 is 10.0 Å². The number of hydrogen-bond acceptors (Lipinski definition) is 6. The van der Waals surface area contributed by atoms with Crippen LogP contribution in [0, 0.1) is 6.92 Å². The van der Waals surface area contributed by atoms with Crippen molar-refractivity contribution >= 4 is 15.9 Å². The van der Waals surface area contributed by atoms with Crippen molar-refractivity contribution in [2.75, 3.05) is 33.3 Å². The standard InChI is InChI=1S/C16H19N3O5S/c1-12-11-15(17-24-12)16(20)18-7-9-19(10-8-18)25(21,22)14-5-3-13(23-2)4-6-14/h3-6,11H,7-10H2,1-2H3. The molecule has 0 aliphatic carbocycles. The summed E-state index contributed by atoms with van der Waals surface area (Å²) in [6.07, 6.45) is 0. The van der Waals surface area contributed by atoms with E-state index in [-0.39, 0.29) is 29.6 Å². The van der Waals surface area contributed by atoms with E-state index in [1.165, 1.54) is 23.5 Å². The van der Waals surface area contributed by atoms with Gasteiger partial charge in [0, 0.05) is 32.2 Å². The Morgan fingerprint density at radius 3 is 2.32 bits per heavy atom. The second-order valence-electron chi connectivity index (χ2n) is 5.69. The largest absolute Gasteiger partial charge is 0.497 e. The van der Waals surface area contributed by atoms with Crippen molar-refractivity contribution in [3.8, 4) is 5.75 Å². The van der Waals surface area contributed by atoms with Gasteiger partial charge in [-0.05, 0) is 31.2 Å². The van der Waals surface area contributed by atoms with E-state index in [1.54, 1.807) is 30.0 Å². The van der Waals surface area contributed by atoms with Gasteiger partial charge in [-0.25, -0.2) is 8.42 Å². The molecule has 0 atom stereocenters. The van der Waals surface area contributed by atoms with Crippen LogP contribution in [0.1, 0.15) is 16.2 Å². The van der Waals surface area contributed by atoms with E-state index in [2.05, 4.69) is 5.16 Å². The fourth-order valence-corrected chi connectivity index (χ4v) is 4.08. The third-order valence-electron chi connectivity index (χ3n) is 4.07. The molecule has 1 aromatic heterocycles. The third kappa shape index (κ3) is 3.52. The highest BCUT2D eigenvalue weighted by atomic mass is 32.2. The predicted octanol–water partition coefficient (Wildman–Crippen LogP) is 1.14. The number of carbonyl (C=O) groups excluding carboxylic acids is 1. The molecular weight excluding hydrogens is 346 g/mol. The number of aryl methyl sites for hydroxylation is 1. The zero-order valence-corrected chi connectivity index (χ0v) is 14.8. The molecule has 1 aromatic carbocycles. The molecule has 0 N–H and O–H groups in total. The van der Waals surface area contributed by atoms with Gasteiger partial charge in [0.05, 0.1) is 12.0 Å². The number of carbonyl (C=O) groups is 1. The number of amides is 1. The van der Waals surface area contributed by atoms with Crippen molar-refractivity contribution < 1.29 is 22.5 Å². The van der Waals surface area contributed by atoms with E-state index in [0.717, 1.165) is 0 Å². The van der Waals surface area contributed by atoms with E-state index in [1.807, 2.05) is 0 Å². The number of hydrogen-bond donors (Lipinski definition) is 0. The first-order valence-electron chi connectivity index (χ1n) is 7.78.